The Labute approximate surface area is 115 Å². The number of hydrogen-bond acceptors (Lipinski definition) is 4. The fraction of sp³-hybridized carbons (Fsp3) is 0.538. The van der Waals surface area contributed by atoms with Crippen LogP contribution in [0.1, 0.15) is 25.0 Å². The minimum atomic E-state index is -3.35. The number of nitrogens with two attached hydrogens (primary N) is 1. The molecule has 3 N–H and O–H groups in total. The highest BCUT2D eigenvalue weighted by atomic mass is 32.2. The molecule has 0 saturated carbocycles. The predicted molar refractivity (Wildman–Crippen MR) is 76.0 cm³/mol. The molecule has 108 valence electrons. The second-order valence-electron chi connectivity index (χ2n) is 4.46. The van der Waals surface area contributed by atoms with E-state index in [1.54, 1.807) is 19.1 Å². The van der Waals surface area contributed by atoms with Gasteiger partial charge in [-0.15, -0.1) is 0 Å². The summed E-state index contributed by atoms with van der Waals surface area (Å²) in [7, 11) is -3.35. The monoisotopic (exact) mass is 286 g/mol. The zero-order valence-corrected chi connectivity index (χ0v) is 12.2. The van der Waals surface area contributed by atoms with Gasteiger partial charge in [0, 0.05) is 19.2 Å². The summed E-state index contributed by atoms with van der Waals surface area (Å²) >= 11 is 0. The van der Waals surface area contributed by atoms with Crippen LogP contribution in [0.5, 0.6) is 0 Å². The lowest BCUT2D eigenvalue weighted by Gasteiger charge is -2.14. The second-order valence-corrected chi connectivity index (χ2v) is 6.21. The SMILES string of the molecule is CCOCC(C)NS(=O)(=O)Cc1ccc(CN)cc1. The van der Waals surface area contributed by atoms with Crippen LogP contribution in [0.3, 0.4) is 0 Å². The van der Waals surface area contributed by atoms with Gasteiger partial charge < -0.3 is 10.5 Å². The van der Waals surface area contributed by atoms with Gasteiger partial charge in [-0.25, -0.2) is 13.1 Å². The zero-order chi connectivity index (χ0) is 14.3. The Morgan fingerprint density at radius 2 is 1.84 bits per heavy atom. The van der Waals surface area contributed by atoms with E-state index in [9.17, 15) is 8.42 Å². The quantitative estimate of drug-likeness (QED) is 0.746. The zero-order valence-electron chi connectivity index (χ0n) is 11.4. The number of sulfonamides is 1. The van der Waals surface area contributed by atoms with Crippen molar-refractivity contribution in [2.75, 3.05) is 13.2 Å². The summed E-state index contributed by atoms with van der Waals surface area (Å²) in [6.07, 6.45) is 0. The van der Waals surface area contributed by atoms with Crippen molar-refractivity contribution in [3.63, 3.8) is 0 Å². The lowest BCUT2D eigenvalue weighted by molar-refractivity contribution is 0.133. The van der Waals surface area contributed by atoms with E-state index in [1.807, 2.05) is 19.1 Å². The van der Waals surface area contributed by atoms with E-state index in [-0.39, 0.29) is 11.8 Å². The molecule has 0 aliphatic heterocycles. The van der Waals surface area contributed by atoms with Crippen molar-refractivity contribution >= 4 is 10.0 Å². The molecule has 0 amide bonds. The highest BCUT2D eigenvalue weighted by molar-refractivity contribution is 7.88. The van der Waals surface area contributed by atoms with Crippen LogP contribution in [-0.4, -0.2) is 27.7 Å². The Hall–Kier alpha value is -0.950. The highest BCUT2D eigenvalue weighted by Crippen LogP contribution is 2.08. The normalized spacial score (nSPS) is 13.4. The standard InChI is InChI=1S/C13H22N2O3S/c1-3-18-9-11(2)15-19(16,17)10-13-6-4-12(8-14)5-7-13/h4-7,11,15H,3,8-10,14H2,1-2H3. The topological polar surface area (TPSA) is 81.4 Å². The van der Waals surface area contributed by atoms with Gasteiger partial charge in [0.2, 0.25) is 10.0 Å². The van der Waals surface area contributed by atoms with Crippen LogP contribution in [0.2, 0.25) is 0 Å². The Bertz CT molecular complexity index is 471. The Morgan fingerprint density at radius 3 is 2.37 bits per heavy atom. The molecular formula is C13H22N2O3S. The van der Waals surface area contributed by atoms with Crippen molar-refractivity contribution < 1.29 is 13.2 Å². The first-order valence-electron chi connectivity index (χ1n) is 6.32. The second kappa shape index (κ2) is 7.59. The molecule has 0 heterocycles. The Morgan fingerprint density at radius 1 is 1.26 bits per heavy atom. The van der Waals surface area contributed by atoms with E-state index in [0.717, 1.165) is 11.1 Å². The number of nitrogens with one attached hydrogen (secondary N) is 1. The van der Waals surface area contributed by atoms with Crippen molar-refractivity contribution in [3.8, 4) is 0 Å². The van der Waals surface area contributed by atoms with Gasteiger partial charge in [-0.2, -0.15) is 0 Å². The van der Waals surface area contributed by atoms with Gasteiger partial charge in [-0.3, -0.25) is 0 Å². The molecule has 0 radical (unpaired) electrons. The largest absolute Gasteiger partial charge is 0.380 e. The molecule has 0 fully saturated rings. The highest BCUT2D eigenvalue weighted by Gasteiger charge is 2.15. The lowest BCUT2D eigenvalue weighted by Crippen LogP contribution is -2.36. The minimum absolute atomic E-state index is 0.0334. The molecule has 0 aliphatic rings. The first kappa shape index (κ1) is 16.1. The molecule has 1 unspecified atom stereocenters. The summed E-state index contributed by atoms with van der Waals surface area (Å²) in [6, 6.07) is 7.03. The minimum Gasteiger partial charge on any atom is -0.380 e. The summed E-state index contributed by atoms with van der Waals surface area (Å²) in [6.45, 7) is 5.07. The number of hydrogen-bond donors (Lipinski definition) is 2. The van der Waals surface area contributed by atoms with Gasteiger partial charge in [0.25, 0.3) is 0 Å². The van der Waals surface area contributed by atoms with Crippen LogP contribution < -0.4 is 10.5 Å². The average Bonchev–Trinajstić information content (AvgIpc) is 2.36. The molecule has 1 atom stereocenters. The molecule has 1 rings (SSSR count). The van der Waals surface area contributed by atoms with Crippen LogP contribution in [0.4, 0.5) is 0 Å². The maximum atomic E-state index is 11.9. The Balaban J connectivity index is 2.58. The van der Waals surface area contributed by atoms with Gasteiger partial charge >= 0.3 is 0 Å². The van der Waals surface area contributed by atoms with Crippen LogP contribution in [0, 0.1) is 0 Å². The van der Waals surface area contributed by atoms with Crippen molar-refractivity contribution in [2.24, 2.45) is 5.73 Å². The third kappa shape index (κ3) is 6.15. The van der Waals surface area contributed by atoms with Gasteiger partial charge in [-0.05, 0) is 25.0 Å². The van der Waals surface area contributed by atoms with Crippen molar-refractivity contribution in [3.05, 3.63) is 35.4 Å². The van der Waals surface area contributed by atoms with E-state index in [4.69, 9.17) is 10.5 Å². The van der Waals surface area contributed by atoms with Gasteiger partial charge in [0.15, 0.2) is 0 Å². The summed E-state index contributed by atoms with van der Waals surface area (Å²) in [5.41, 5.74) is 7.22. The molecule has 19 heavy (non-hydrogen) atoms. The molecule has 0 bridgehead atoms. The molecule has 0 aromatic heterocycles. The molecule has 1 aromatic rings. The first-order chi connectivity index (χ1) is 8.96. The molecule has 0 aliphatic carbocycles. The third-order valence-corrected chi connectivity index (χ3v) is 4.04. The van der Waals surface area contributed by atoms with Gasteiger partial charge in [-0.1, -0.05) is 24.3 Å². The summed E-state index contributed by atoms with van der Waals surface area (Å²) in [4.78, 5) is 0. The lowest BCUT2D eigenvalue weighted by atomic mass is 10.1. The van der Waals surface area contributed by atoms with E-state index in [0.29, 0.717) is 19.8 Å². The van der Waals surface area contributed by atoms with E-state index in [2.05, 4.69) is 4.72 Å². The summed E-state index contributed by atoms with van der Waals surface area (Å²) in [5, 5.41) is 0. The molecule has 0 spiro atoms. The van der Waals surface area contributed by atoms with Crippen LogP contribution >= 0.6 is 0 Å². The van der Waals surface area contributed by atoms with Crippen molar-refractivity contribution in [1.29, 1.82) is 0 Å². The number of benzene rings is 1. The molecule has 0 saturated heterocycles. The van der Waals surface area contributed by atoms with Gasteiger partial charge in [0.1, 0.15) is 0 Å². The molecule has 1 aromatic carbocycles. The van der Waals surface area contributed by atoms with Crippen LogP contribution in [-0.2, 0) is 27.1 Å². The third-order valence-electron chi connectivity index (χ3n) is 2.57. The van der Waals surface area contributed by atoms with Crippen LogP contribution in [0.15, 0.2) is 24.3 Å². The van der Waals surface area contributed by atoms with Crippen molar-refractivity contribution in [2.45, 2.75) is 32.2 Å². The number of ether oxygens (including phenoxy) is 1. The van der Waals surface area contributed by atoms with E-state index < -0.39 is 10.0 Å². The fourth-order valence-corrected chi connectivity index (χ4v) is 3.06. The van der Waals surface area contributed by atoms with Crippen molar-refractivity contribution in [1.82, 2.24) is 4.72 Å². The molecular weight excluding hydrogens is 264 g/mol. The summed E-state index contributed by atoms with van der Waals surface area (Å²) < 4.78 is 31.6. The summed E-state index contributed by atoms with van der Waals surface area (Å²) in [5.74, 6) is -0.0334. The predicted octanol–water partition coefficient (Wildman–Crippen LogP) is 0.990. The van der Waals surface area contributed by atoms with E-state index in [1.165, 1.54) is 0 Å². The van der Waals surface area contributed by atoms with Crippen LogP contribution in [0.25, 0.3) is 0 Å². The Kier molecular flexibility index (Phi) is 6.44. The molecule has 6 heteroatoms. The fourth-order valence-electron chi connectivity index (χ4n) is 1.67. The first-order valence-corrected chi connectivity index (χ1v) is 7.97. The average molecular weight is 286 g/mol. The van der Waals surface area contributed by atoms with Gasteiger partial charge in [0.05, 0.1) is 12.4 Å². The number of rotatable bonds is 8. The maximum Gasteiger partial charge on any atom is 0.216 e. The maximum absolute atomic E-state index is 11.9. The van der Waals surface area contributed by atoms with E-state index >= 15 is 0 Å². The molecule has 5 nitrogen and oxygen atoms in total. The smallest absolute Gasteiger partial charge is 0.216 e.